The Hall–Kier alpha value is -4.93. The van der Waals surface area contributed by atoms with Gasteiger partial charge in [-0.15, -0.1) is 0 Å². The van der Waals surface area contributed by atoms with Crippen molar-refractivity contribution >= 4 is 45.4 Å². The third-order valence-electron chi connectivity index (χ3n) is 7.10. The molecule has 42 heavy (non-hydrogen) atoms. The van der Waals surface area contributed by atoms with Gasteiger partial charge in [-0.25, -0.2) is 0 Å². The topological polar surface area (TPSA) is 163 Å². The number of nitrogens with zero attached hydrogens (tertiary/aromatic N) is 1. The predicted molar refractivity (Wildman–Crippen MR) is 158 cm³/mol. The van der Waals surface area contributed by atoms with E-state index >= 15 is 0 Å². The number of Topliss-reactive ketones (excluding diaryl/α,β-unsaturated/α-hetero) is 1. The molecule has 4 N–H and O–H groups in total. The summed E-state index contributed by atoms with van der Waals surface area (Å²) in [5, 5.41) is 3.73. The number of primary amides is 1. The number of fused-ring (bicyclic) bond motifs is 3. The molecule has 2 heterocycles. The Balaban J connectivity index is 0.000000244. The van der Waals surface area contributed by atoms with E-state index in [1.165, 1.54) is 37.9 Å². The molecule has 1 aliphatic carbocycles. The quantitative estimate of drug-likeness (QED) is 0.214. The highest BCUT2D eigenvalue weighted by Crippen LogP contribution is 2.32. The van der Waals surface area contributed by atoms with E-state index in [9.17, 15) is 24.0 Å². The second kappa shape index (κ2) is 13.6. The molecule has 0 unspecified atom stereocenters. The molecule has 0 spiro atoms. The third-order valence-corrected chi connectivity index (χ3v) is 7.10. The van der Waals surface area contributed by atoms with Crippen molar-refractivity contribution in [2.24, 2.45) is 5.73 Å². The zero-order valence-electron chi connectivity index (χ0n) is 23.6. The lowest BCUT2D eigenvalue weighted by Crippen LogP contribution is -2.38. The molecule has 11 heteroatoms. The summed E-state index contributed by atoms with van der Waals surface area (Å²) >= 11 is 0. The van der Waals surface area contributed by atoms with Gasteiger partial charge in [-0.05, 0) is 18.9 Å². The van der Waals surface area contributed by atoms with Gasteiger partial charge in [-0.3, -0.25) is 28.5 Å². The summed E-state index contributed by atoms with van der Waals surface area (Å²) in [7, 11) is 1.36. The van der Waals surface area contributed by atoms with Gasteiger partial charge in [0.15, 0.2) is 18.1 Å². The van der Waals surface area contributed by atoms with Crippen molar-refractivity contribution in [3.8, 4) is 5.75 Å². The summed E-state index contributed by atoms with van der Waals surface area (Å²) in [6.45, 7) is 1.01. The molecule has 4 aromatic rings. The maximum atomic E-state index is 13.3. The van der Waals surface area contributed by atoms with Crippen molar-refractivity contribution in [1.29, 1.82) is 0 Å². The van der Waals surface area contributed by atoms with Crippen LogP contribution in [-0.4, -0.2) is 52.9 Å². The Morgan fingerprint density at radius 1 is 1.00 bits per heavy atom. The van der Waals surface area contributed by atoms with Crippen LogP contribution < -0.4 is 21.3 Å². The predicted octanol–water partition coefficient (Wildman–Crippen LogP) is 3.47. The van der Waals surface area contributed by atoms with Crippen LogP contribution in [-0.2, 0) is 20.9 Å². The number of ketones is 1. The molecule has 11 nitrogen and oxygen atoms in total. The summed E-state index contributed by atoms with van der Waals surface area (Å²) in [6.07, 6.45) is 5.71. The maximum absolute atomic E-state index is 13.3. The minimum absolute atomic E-state index is 0.0203. The molecular weight excluding hydrogens is 540 g/mol. The maximum Gasteiger partial charge on any atom is 0.303 e. The third kappa shape index (κ3) is 6.85. The fourth-order valence-corrected chi connectivity index (χ4v) is 5.13. The van der Waals surface area contributed by atoms with Gasteiger partial charge in [0.1, 0.15) is 11.1 Å². The molecule has 2 aromatic carbocycles. The van der Waals surface area contributed by atoms with Crippen molar-refractivity contribution in [3.05, 3.63) is 76.2 Å². The summed E-state index contributed by atoms with van der Waals surface area (Å²) in [6, 6.07) is 16.2. The summed E-state index contributed by atoms with van der Waals surface area (Å²) in [4.78, 5) is 62.4. The van der Waals surface area contributed by atoms with Gasteiger partial charge in [-0.1, -0.05) is 67.8 Å². The summed E-state index contributed by atoms with van der Waals surface area (Å²) in [5.74, 6) is -1.45. The lowest BCUT2D eigenvalue weighted by atomic mass is 9.95. The number of hydrogen-bond acceptors (Lipinski definition) is 7. The SMILES string of the molecule is CC(=O)OCC(=O)NC1CCCCC1.COc1c(C(N)=O)[nH]c2c1c(=O)n(CC(=O)c1ccccc1)c1ccccc21. The number of para-hydroxylation sites is 1. The van der Waals surface area contributed by atoms with Crippen LogP contribution in [0.15, 0.2) is 59.4 Å². The molecule has 2 amide bonds. The number of methoxy groups -OCH3 is 1. The highest BCUT2D eigenvalue weighted by atomic mass is 16.5. The summed E-state index contributed by atoms with van der Waals surface area (Å²) < 4.78 is 11.3. The highest BCUT2D eigenvalue weighted by molar-refractivity contribution is 6.11. The number of ether oxygens (including phenoxy) is 2. The van der Waals surface area contributed by atoms with Gasteiger partial charge in [0.2, 0.25) is 0 Å². The van der Waals surface area contributed by atoms with Crippen LogP contribution in [0.3, 0.4) is 0 Å². The lowest BCUT2D eigenvalue weighted by Gasteiger charge is -2.22. The van der Waals surface area contributed by atoms with Gasteiger partial charge in [0.25, 0.3) is 17.4 Å². The van der Waals surface area contributed by atoms with E-state index in [2.05, 4.69) is 15.0 Å². The lowest BCUT2D eigenvalue weighted by molar-refractivity contribution is -0.146. The molecule has 2 aromatic heterocycles. The van der Waals surface area contributed by atoms with Crippen LogP contribution in [0.4, 0.5) is 0 Å². The Kier molecular flexibility index (Phi) is 9.74. The van der Waals surface area contributed by atoms with Crippen molar-refractivity contribution < 1.29 is 28.7 Å². The van der Waals surface area contributed by atoms with Crippen molar-refractivity contribution in [2.45, 2.75) is 51.6 Å². The first-order valence-corrected chi connectivity index (χ1v) is 13.7. The fourth-order valence-electron chi connectivity index (χ4n) is 5.13. The monoisotopic (exact) mass is 574 g/mol. The number of aromatic nitrogens is 2. The number of benzene rings is 2. The van der Waals surface area contributed by atoms with Crippen molar-refractivity contribution in [1.82, 2.24) is 14.9 Å². The van der Waals surface area contributed by atoms with Crippen LogP contribution in [0.2, 0.25) is 0 Å². The van der Waals surface area contributed by atoms with Crippen LogP contribution in [0.25, 0.3) is 21.8 Å². The second-order valence-corrected chi connectivity index (χ2v) is 10.0. The average Bonchev–Trinajstić information content (AvgIpc) is 3.40. The van der Waals surface area contributed by atoms with Gasteiger partial charge >= 0.3 is 5.97 Å². The number of hydrogen-bond donors (Lipinski definition) is 3. The molecule has 0 atom stereocenters. The number of H-pyrrole nitrogens is 1. The second-order valence-electron chi connectivity index (χ2n) is 10.0. The Morgan fingerprint density at radius 2 is 1.67 bits per heavy atom. The van der Waals surface area contributed by atoms with E-state index in [0.29, 0.717) is 22.0 Å². The van der Waals surface area contributed by atoms with Gasteiger partial charge in [-0.2, -0.15) is 0 Å². The van der Waals surface area contributed by atoms with Crippen molar-refractivity contribution in [3.63, 3.8) is 0 Å². The number of esters is 1. The van der Waals surface area contributed by atoms with E-state index in [-0.39, 0.29) is 47.7 Å². The minimum Gasteiger partial charge on any atom is -0.493 e. The number of nitrogens with two attached hydrogens (primary N) is 1. The van der Waals surface area contributed by atoms with Gasteiger partial charge in [0.05, 0.1) is 24.7 Å². The number of aromatic amines is 1. The average molecular weight is 575 g/mol. The van der Waals surface area contributed by atoms with Crippen LogP contribution in [0.5, 0.6) is 5.75 Å². The van der Waals surface area contributed by atoms with Crippen LogP contribution in [0.1, 0.15) is 59.9 Å². The first-order chi connectivity index (χ1) is 20.2. The number of carbonyl (C=O) groups is 4. The molecular formula is C31H34N4O7. The standard InChI is InChI=1S/C21H17N3O4.C10H17NO3/c1-28-19-16-17(23-18(19)20(22)26)13-9-5-6-10-14(13)24(21(16)27)11-15(25)12-7-3-2-4-8-12;1-8(12)14-7-10(13)11-9-5-3-2-4-6-9/h2-10,23H,11H2,1H3,(H2,22,26);9H,2-7H2,1H3,(H,11,13). The normalized spacial score (nSPS) is 13.2. The zero-order chi connectivity index (χ0) is 30.2. The Labute approximate surface area is 242 Å². The number of amides is 2. The van der Waals surface area contributed by atoms with Gasteiger partial charge in [0, 0.05) is 23.9 Å². The van der Waals surface area contributed by atoms with Crippen LogP contribution >= 0.6 is 0 Å². The molecule has 1 aliphatic rings. The van der Waals surface area contributed by atoms with Crippen molar-refractivity contribution in [2.75, 3.05) is 13.7 Å². The van der Waals surface area contributed by atoms with Crippen LogP contribution in [0, 0.1) is 0 Å². The van der Waals surface area contributed by atoms with E-state index in [0.717, 1.165) is 12.8 Å². The number of rotatable bonds is 8. The first kappa shape index (κ1) is 30.0. The molecule has 1 fully saturated rings. The number of pyridine rings is 1. The molecule has 0 bridgehead atoms. The summed E-state index contributed by atoms with van der Waals surface area (Å²) in [5.41, 5.74) is 6.56. The molecule has 5 rings (SSSR count). The minimum atomic E-state index is -0.733. The molecule has 1 saturated carbocycles. The molecule has 220 valence electrons. The largest absolute Gasteiger partial charge is 0.493 e. The van der Waals surface area contributed by atoms with Gasteiger partial charge < -0.3 is 25.5 Å². The molecule has 0 radical (unpaired) electrons. The Morgan fingerprint density at radius 3 is 2.31 bits per heavy atom. The van der Waals surface area contributed by atoms with E-state index in [1.807, 2.05) is 12.1 Å². The van der Waals surface area contributed by atoms with E-state index < -0.39 is 17.4 Å². The smallest absolute Gasteiger partial charge is 0.303 e. The number of nitrogens with one attached hydrogen (secondary N) is 2. The zero-order valence-corrected chi connectivity index (χ0v) is 23.6. The Bertz CT molecular complexity index is 1670. The fraction of sp³-hybridized carbons (Fsp3) is 0.323. The number of carbonyl (C=O) groups excluding carboxylic acids is 4. The molecule has 0 aliphatic heterocycles. The van der Waals surface area contributed by atoms with E-state index in [4.69, 9.17) is 10.5 Å². The highest BCUT2D eigenvalue weighted by Gasteiger charge is 2.24. The molecule has 0 saturated heterocycles. The first-order valence-electron chi connectivity index (χ1n) is 13.7. The van der Waals surface area contributed by atoms with E-state index in [1.54, 1.807) is 42.5 Å².